The lowest BCUT2D eigenvalue weighted by Crippen LogP contribution is -2.29. The molecule has 1 amide bonds. The van der Waals surface area contributed by atoms with Gasteiger partial charge in [0.2, 0.25) is 0 Å². The molecule has 8 heteroatoms. The zero-order chi connectivity index (χ0) is 27.9. The van der Waals surface area contributed by atoms with Gasteiger partial charge in [-0.05, 0) is 53.8 Å². The van der Waals surface area contributed by atoms with Crippen molar-refractivity contribution in [3.05, 3.63) is 89.0 Å². The predicted octanol–water partition coefficient (Wildman–Crippen LogP) is 6.63. The number of hydrogen-bond donors (Lipinski definition) is 1. The van der Waals surface area contributed by atoms with Gasteiger partial charge >= 0.3 is 5.91 Å². The van der Waals surface area contributed by atoms with Crippen LogP contribution in [-0.2, 0) is 15.0 Å². The fourth-order valence-electron chi connectivity index (χ4n) is 4.69. The molecule has 2 heterocycles. The molecule has 1 aliphatic rings. The molecule has 39 heavy (non-hydrogen) atoms. The Hall–Kier alpha value is -4.17. The molecule has 0 spiro atoms. The second-order valence-electron chi connectivity index (χ2n) is 10.3. The highest BCUT2D eigenvalue weighted by Crippen LogP contribution is 2.45. The smallest absolute Gasteiger partial charge is 0.301 e. The molecule has 0 aliphatic carbocycles. The van der Waals surface area contributed by atoms with Crippen molar-refractivity contribution in [2.24, 2.45) is 0 Å². The highest BCUT2D eigenvalue weighted by atomic mass is 32.1. The molecule has 1 atom stereocenters. The Morgan fingerprint density at radius 3 is 2.44 bits per heavy atom. The van der Waals surface area contributed by atoms with E-state index >= 15 is 0 Å². The number of hydrogen-bond acceptors (Lipinski definition) is 7. The van der Waals surface area contributed by atoms with Crippen molar-refractivity contribution in [3.8, 4) is 11.5 Å². The van der Waals surface area contributed by atoms with Crippen LogP contribution in [0.4, 0.5) is 5.13 Å². The largest absolute Gasteiger partial charge is 0.507 e. The number of benzene rings is 3. The normalized spacial score (nSPS) is 17.2. The highest BCUT2D eigenvalue weighted by Gasteiger charge is 2.48. The monoisotopic (exact) mass is 542 g/mol. The SMILES string of the molecule is CCOc1cccc(/C(O)=C2\C(=O)C(=O)N(c3nc4ccc(OC)cc4s3)C2c2ccc(C(C)(C)C)cc2)c1. The third-order valence-electron chi connectivity index (χ3n) is 6.75. The number of methoxy groups -OCH3 is 1. The van der Waals surface area contributed by atoms with Crippen molar-refractivity contribution in [2.75, 3.05) is 18.6 Å². The summed E-state index contributed by atoms with van der Waals surface area (Å²) in [5, 5.41) is 11.8. The van der Waals surface area contributed by atoms with Crippen LogP contribution in [0.1, 0.15) is 50.4 Å². The van der Waals surface area contributed by atoms with Crippen LogP contribution in [0.5, 0.6) is 11.5 Å². The van der Waals surface area contributed by atoms with Crippen molar-refractivity contribution in [2.45, 2.75) is 39.2 Å². The molecule has 1 aromatic heterocycles. The van der Waals surface area contributed by atoms with E-state index in [2.05, 4.69) is 25.8 Å². The van der Waals surface area contributed by atoms with E-state index in [9.17, 15) is 14.7 Å². The summed E-state index contributed by atoms with van der Waals surface area (Å²) in [7, 11) is 1.59. The van der Waals surface area contributed by atoms with Gasteiger partial charge in [0, 0.05) is 5.56 Å². The third kappa shape index (κ3) is 4.88. The van der Waals surface area contributed by atoms with E-state index in [0.717, 1.165) is 10.3 Å². The predicted molar refractivity (Wildman–Crippen MR) is 154 cm³/mol. The number of aliphatic hydroxyl groups excluding tert-OH is 1. The van der Waals surface area contributed by atoms with Gasteiger partial charge in [0.05, 0.1) is 35.5 Å². The summed E-state index contributed by atoms with van der Waals surface area (Å²) in [6, 6.07) is 19.3. The standard InChI is InChI=1S/C31H30N2O5S/c1-6-38-22-9-7-8-19(16-22)27(34)25-26(18-10-12-20(13-11-18)31(2,3)4)33(29(36)28(25)35)30-32-23-15-14-21(37-5)17-24(23)39-30/h7-17,26,34H,6H2,1-5H3/b27-25+. The van der Waals surface area contributed by atoms with Gasteiger partial charge in [-0.1, -0.05) is 68.5 Å². The molecular weight excluding hydrogens is 512 g/mol. The van der Waals surface area contributed by atoms with E-state index in [1.165, 1.54) is 16.2 Å². The summed E-state index contributed by atoms with van der Waals surface area (Å²) in [5.41, 5.74) is 2.81. The molecule has 1 saturated heterocycles. The number of Topliss-reactive ketones (excluding diaryl/α,β-unsaturated/α-hetero) is 1. The lowest BCUT2D eigenvalue weighted by atomic mass is 9.85. The summed E-state index contributed by atoms with van der Waals surface area (Å²) in [5.74, 6) is -0.542. The molecule has 200 valence electrons. The number of rotatable bonds is 6. The van der Waals surface area contributed by atoms with E-state index in [4.69, 9.17) is 9.47 Å². The quantitative estimate of drug-likeness (QED) is 0.167. The molecule has 1 fully saturated rings. The van der Waals surface area contributed by atoms with E-state index in [1.807, 2.05) is 43.3 Å². The fourth-order valence-corrected chi connectivity index (χ4v) is 5.71. The summed E-state index contributed by atoms with van der Waals surface area (Å²) < 4.78 is 11.8. The maximum Gasteiger partial charge on any atom is 0.301 e. The Morgan fingerprint density at radius 2 is 1.77 bits per heavy atom. The number of carbonyl (C=O) groups is 2. The summed E-state index contributed by atoms with van der Waals surface area (Å²) in [6.45, 7) is 8.68. The lowest BCUT2D eigenvalue weighted by Gasteiger charge is -2.24. The van der Waals surface area contributed by atoms with Gasteiger partial charge in [-0.3, -0.25) is 14.5 Å². The molecule has 3 aromatic carbocycles. The molecule has 1 N–H and O–H groups in total. The first kappa shape index (κ1) is 26.4. The Labute approximate surface area is 231 Å². The maximum atomic E-state index is 13.6. The summed E-state index contributed by atoms with van der Waals surface area (Å²) in [4.78, 5) is 33.2. The van der Waals surface area contributed by atoms with Gasteiger partial charge in [-0.25, -0.2) is 4.98 Å². The molecule has 5 rings (SSSR count). The van der Waals surface area contributed by atoms with Crippen LogP contribution in [0.2, 0.25) is 0 Å². The van der Waals surface area contributed by atoms with Gasteiger partial charge in [0.1, 0.15) is 17.3 Å². The maximum absolute atomic E-state index is 13.6. The highest BCUT2D eigenvalue weighted by molar-refractivity contribution is 7.22. The Kier molecular flexibility index (Phi) is 6.91. The van der Waals surface area contributed by atoms with Gasteiger partial charge in [-0.15, -0.1) is 0 Å². The van der Waals surface area contributed by atoms with E-state index < -0.39 is 17.7 Å². The van der Waals surface area contributed by atoms with Crippen molar-refractivity contribution < 1.29 is 24.2 Å². The van der Waals surface area contributed by atoms with Crippen molar-refractivity contribution in [1.29, 1.82) is 0 Å². The van der Waals surface area contributed by atoms with Crippen LogP contribution in [-0.4, -0.2) is 35.5 Å². The number of anilines is 1. The molecule has 0 radical (unpaired) electrons. The second kappa shape index (κ2) is 10.2. The number of nitrogens with zero attached hydrogens (tertiary/aromatic N) is 2. The number of aromatic nitrogens is 1. The molecule has 7 nitrogen and oxygen atoms in total. The average Bonchev–Trinajstić information content (AvgIpc) is 3.45. The Balaban J connectivity index is 1.70. The lowest BCUT2D eigenvalue weighted by molar-refractivity contribution is -0.132. The number of ether oxygens (including phenoxy) is 2. The van der Waals surface area contributed by atoms with E-state index in [0.29, 0.717) is 39.9 Å². The van der Waals surface area contributed by atoms with Crippen LogP contribution in [0.25, 0.3) is 16.0 Å². The third-order valence-corrected chi connectivity index (χ3v) is 7.76. The Bertz CT molecular complexity index is 1600. The molecule has 4 aromatic rings. The zero-order valence-corrected chi connectivity index (χ0v) is 23.3. The van der Waals surface area contributed by atoms with Crippen LogP contribution in [0.3, 0.4) is 0 Å². The minimum absolute atomic E-state index is 0.00833. The fraction of sp³-hybridized carbons (Fsp3) is 0.258. The van der Waals surface area contributed by atoms with Crippen LogP contribution >= 0.6 is 11.3 Å². The van der Waals surface area contributed by atoms with Crippen molar-refractivity contribution >= 4 is 44.1 Å². The number of amides is 1. The van der Waals surface area contributed by atoms with Crippen molar-refractivity contribution in [1.82, 2.24) is 4.98 Å². The van der Waals surface area contributed by atoms with Crippen LogP contribution < -0.4 is 14.4 Å². The van der Waals surface area contributed by atoms with E-state index in [-0.39, 0.29) is 16.7 Å². The minimum Gasteiger partial charge on any atom is -0.507 e. The number of aliphatic hydroxyl groups is 1. The molecule has 0 saturated carbocycles. The second-order valence-corrected chi connectivity index (χ2v) is 11.3. The van der Waals surface area contributed by atoms with Gasteiger partial charge in [0.15, 0.2) is 5.13 Å². The Morgan fingerprint density at radius 1 is 1.03 bits per heavy atom. The molecule has 0 bridgehead atoms. The number of carbonyl (C=O) groups excluding carboxylic acids is 2. The molecule has 1 aliphatic heterocycles. The average molecular weight is 543 g/mol. The number of ketones is 1. The first-order chi connectivity index (χ1) is 18.6. The number of thiazole rings is 1. The van der Waals surface area contributed by atoms with Gasteiger partial charge in [0.25, 0.3) is 5.78 Å². The molecular formula is C31H30N2O5S. The minimum atomic E-state index is -0.864. The molecule has 1 unspecified atom stereocenters. The number of fused-ring (bicyclic) bond motifs is 1. The topological polar surface area (TPSA) is 89.0 Å². The van der Waals surface area contributed by atoms with E-state index in [1.54, 1.807) is 37.4 Å². The first-order valence-electron chi connectivity index (χ1n) is 12.7. The first-order valence-corrected chi connectivity index (χ1v) is 13.5. The van der Waals surface area contributed by atoms with Gasteiger partial charge in [-0.2, -0.15) is 0 Å². The zero-order valence-electron chi connectivity index (χ0n) is 22.5. The van der Waals surface area contributed by atoms with Crippen LogP contribution in [0, 0.1) is 0 Å². The van der Waals surface area contributed by atoms with Crippen molar-refractivity contribution in [3.63, 3.8) is 0 Å². The summed E-state index contributed by atoms with van der Waals surface area (Å²) >= 11 is 1.29. The van der Waals surface area contributed by atoms with Crippen LogP contribution in [0.15, 0.2) is 72.3 Å². The summed E-state index contributed by atoms with van der Waals surface area (Å²) in [6.07, 6.45) is 0. The van der Waals surface area contributed by atoms with Gasteiger partial charge < -0.3 is 14.6 Å².